The summed E-state index contributed by atoms with van der Waals surface area (Å²) in [5, 5.41) is 9.58. The summed E-state index contributed by atoms with van der Waals surface area (Å²) >= 11 is 0. The minimum Gasteiger partial charge on any atom is -0.481 e. The molecule has 4 heteroatoms. The molecule has 0 aromatic carbocycles. The maximum Gasteiger partial charge on any atom is 0.308 e. The van der Waals surface area contributed by atoms with Crippen LogP contribution in [0.5, 0.6) is 0 Å². The van der Waals surface area contributed by atoms with E-state index in [1.165, 1.54) is 45.2 Å². The van der Waals surface area contributed by atoms with Crippen LogP contribution in [0.3, 0.4) is 0 Å². The Bertz CT molecular complexity index is 347. The second kappa shape index (κ2) is 6.44. The topological polar surface area (TPSA) is 43.8 Å². The molecule has 3 fully saturated rings. The Morgan fingerprint density at radius 3 is 2.45 bits per heavy atom. The molecule has 3 rings (SSSR count). The van der Waals surface area contributed by atoms with Gasteiger partial charge < -0.3 is 5.11 Å². The number of carboxylic acids is 1. The van der Waals surface area contributed by atoms with Crippen LogP contribution in [0.15, 0.2) is 0 Å². The first-order chi connectivity index (χ1) is 9.75. The van der Waals surface area contributed by atoms with E-state index in [0.29, 0.717) is 6.04 Å². The molecule has 0 bridgehead atoms. The third-order valence-corrected chi connectivity index (χ3v) is 5.60. The van der Waals surface area contributed by atoms with Crippen LogP contribution >= 0.6 is 0 Å². The fourth-order valence-electron chi connectivity index (χ4n) is 4.55. The van der Waals surface area contributed by atoms with Crippen molar-refractivity contribution in [3.8, 4) is 0 Å². The average Bonchev–Trinajstić information content (AvgIpc) is 2.66. The van der Waals surface area contributed by atoms with Crippen molar-refractivity contribution in [1.29, 1.82) is 0 Å². The molecule has 3 unspecified atom stereocenters. The van der Waals surface area contributed by atoms with Crippen LogP contribution in [0.25, 0.3) is 0 Å². The third-order valence-electron chi connectivity index (χ3n) is 5.60. The van der Waals surface area contributed by atoms with Crippen LogP contribution in [0, 0.1) is 5.92 Å². The van der Waals surface area contributed by atoms with Gasteiger partial charge in [-0.05, 0) is 51.7 Å². The van der Waals surface area contributed by atoms with Crippen molar-refractivity contribution in [2.24, 2.45) is 5.92 Å². The smallest absolute Gasteiger partial charge is 0.308 e. The van der Waals surface area contributed by atoms with Gasteiger partial charge in [0.05, 0.1) is 5.92 Å². The van der Waals surface area contributed by atoms with E-state index in [1.54, 1.807) is 0 Å². The second-order valence-electron chi connectivity index (χ2n) is 6.83. The summed E-state index contributed by atoms with van der Waals surface area (Å²) in [5.74, 6) is -0.699. The summed E-state index contributed by atoms with van der Waals surface area (Å²) in [6.45, 7) is 4.67. The summed E-state index contributed by atoms with van der Waals surface area (Å²) < 4.78 is 0. The first-order valence-corrected chi connectivity index (χ1v) is 8.46. The van der Waals surface area contributed by atoms with Crippen molar-refractivity contribution in [2.75, 3.05) is 26.2 Å². The van der Waals surface area contributed by atoms with Crippen molar-refractivity contribution in [2.45, 2.75) is 63.5 Å². The quantitative estimate of drug-likeness (QED) is 0.788. The number of fused-ring (bicyclic) bond motifs is 1. The number of nitrogens with zero attached hydrogens (tertiary/aromatic N) is 2. The largest absolute Gasteiger partial charge is 0.481 e. The van der Waals surface area contributed by atoms with Gasteiger partial charge in [0.15, 0.2) is 0 Å². The molecule has 1 N–H and O–H groups in total. The standard InChI is InChI=1S/C16H28N2O2/c19-16(20)14-7-2-1-3-8-15(14)18-11-5-10-17-9-4-6-13(17)12-18/h13-15H,1-12H2,(H,19,20). The van der Waals surface area contributed by atoms with E-state index in [-0.39, 0.29) is 12.0 Å². The highest BCUT2D eigenvalue weighted by Gasteiger charge is 2.37. The maximum absolute atomic E-state index is 11.6. The van der Waals surface area contributed by atoms with E-state index in [2.05, 4.69) is 9.80 Å². The lowest BCUT2D eigenvalue weighted by Gasteiger charge is -2.35. The van der Waals surface area contributed by atoms with Gasteiger partial charge in [-0.3, -0.25) is 14.6 Å². The van der Waals surface area contributed by atoms with Crippen molar-refractivity contribution in [3.05, 3.63) is 0 Å². The van der Waals surface area contributed by atoms with Gasteiger partial charge in [-0.2, -0.15) is 0 Å². The van der Waals surface area contributed by atoms with E-state index >= 15 is 0 Å². The van der Waals surface area contributed by atoms with Gasteiger partial charge in [-0.25, -0.2) is 0 Å². The van der Waals surface area contributed by atoms with Gasteiger partial charge in [0.25, 0.3) is 0 Å². The lowest BCUT2D eigenvalue weighted by Crippen LogP contribution is -2.47. The van der Waals surface area contributed by atoms with Gasteiger partial charge in [-0.15, -0.1) is 0 Å². The highest BCUT2D eigenvalue weighted by molar-refractivity contribution is 5.70. The van der Waals surface area contributed by atoms with Crippen LogP contribution in [-0.4, -0.2) is 59.1 Å². The van der Waals surface area contributed by atoms with Crippen LogP contribution in [-0.2, 0) is 4.79 Å². The van der Waals surface area contributed by atoms with Crippen LogP contribution in [0.1, 0.15) is 51.4 Å². The number of hydrogen-bond donors (Lipinski definition) is 1. The molecule has 0 amide bonds. The van der Waals surface area contributed by atoms with Crippen LogP contribution in [0.4, 0.5) is 0 Å². The SMILES string of the molecule is O=C(O)C1CCCCCC1N1CCCN2CCCC2C1. The molecule has 2 heterocycles. The molecular formula is C16H28N2O2. The molecule has 0 aromatic heterocycles. The number of carbonyl (C=O) groups is 1. The molecule has 2 saturated heterocycles. The Morgan fingerprint density at radius 1 is 0.850 bits per heavy atom. The number of hydrogen-bond acceptors (Lipinski definition) is 3. The molecule has 0 spiro atoms. The van der Waals surface area contributed by atoms with E-state index in [9.17, 15) is 9.90 Å². The summed E-state index contributed by atoms with van der Waals surface area (Å²) in [5.41, 5.74) is 0. The molecule has 3 atom stereocenters. The third kappa shape index (κ3) is 3.01. The molecule has 1 aliphatic carbocycles. The van der Waals surface area contributed by atoms with Gasteiger partial charge in [-0.1, -0.05) is 19.3 Å². The number of carboxylic acid groups (broad SMARTS) is 1. The van der Waals surface area contributed by atoms with Gasteiger partial charge in [0.1, 0.15) is 0 Å². The Hall–Kier alpha value is -0.610. The molecule has 0 aromatic rings. The van der Waals surface area contributed by atoms with Gasteiger partial charge in [0, 0.05) is 18.6 Å². The molecule has 3 aliphatic rings. The summed E-state index contributed by atoms with van der Waals surface area (Å²) in [4.78, 5) is 16.8. The maximum atomic E-state index is 11.6. The zero-order chi connectivity index (χ0) is 13.9. The lowest BCUT2D eigenvalue weighted by molar-refractivity contribution is -0.144. The first kappa shape index (κ1) is 14.3. The Balaban J connectivity index is 1.72. The van der Waals surface area contributed by atoms with Gasteiger partial charge >= 0.3 is 5.97 Å². The predicted octanol–water partition coefficient (Wildman–Crippen LogP) is 2.19. The zero-order valence-electron chi connectivity index (χ0n) is 12.5. The molecule has 0 radical (unpaired) electrons. The van der Waals surface area contributed by atoms with Crippen LogP contribution in [0.2, 0.25) is 0 Å². The van der Waals surface area contributed by atoms with Crippen molar-refractivity contribution in [3.63, 3.8) is 0 Å². The van der Waals surface area contributed by atoms with Crippen molar-refractivity contribution >= 4 is 5.97 Å². The van der Waals surface area contributed by atoms with Gasteiger partial charge in [0.2, 0.25) is 0 Å². The summed E-state index contributed by atoms with van der Waals surface area (Å²) in [6, 6.07) is 0.978. The molecular weight excluding hydrogens is 252 g/mol. The minimum atomic E-state index is -0.565. The van der Waals surface area contributed by atoms with E-state index in [1.807, 2.05) is 0 Å². The predicted molar refractivity (Wildman–Crippen MR) is 78.8 cm³/mol. The molecule has 20 heavy (non-hydrogen) atoms. The van der Waals surface area contributed by atoms with E-state index in [0.717, 1.165) is 32.4 Å². The van der Waals surface area contributed by atoms with Crippen LogP contribution < -0.4 is 0 Å². The normalized spacial score (nSPS) is 37.1. The Kier molecular flexibility index (Phi) is 4.61. The zero-order valence-corrected chi connectivity index (χ0v) is 12.5. The fourth-order valence-corrected chi connectivity index (χ4v) is 4.55. The average molecular weight is 280 g/mol. The molecule has 2 aliphatic heterocycles. The molecule has 4 nitrogen and oxygen atoms in total. The number of aliphatic carboxylic acids is 1. The Labute approximate surface area is 122 Å². The van der Waals surface area contributed by atoms with Crippen molar-refractivity contribution < 1.29 is 9.90 Å². The van der Waals surface area contributed by atoms with E-state index < -0.39 is 5.97 Å². The highest BCUT2D eigenvalue weighted by Crippen LogP contribution is 2.31. The second-order valence-corrected chi connectivity index (χ2v) is 6.83. The monoisotopic (exact) mass is 280 g/mol. The molecule has 1 saturated carbocycles. The fraction of sp³-hybridized carbons (Fsp3) is 0.938. The summed E-state index contributed by atoms with van der Waals surface area (Å²) in [6.07, 6.45) is 9.32. The highest BCUT2D eigenvalue weighted by atomic mass is 16.4. The Morgan fingerprint density at radius 2 is 1.60 bits per heavy atom. The van der Waals surface area contributed by atoms with E-state index in [4.69, 9.17) is 0 Å². The minimum absolute atomic E-state index is 0.134. The molecule has 114 valence electrons. The number of rotatable bonds is 2. The summed E-state index contributed by atoms with van der Waals surface area (Å²) in [7, 11) is 0. The lowest BCUT2D eigenvalue weighted by atomic mass is 9.93. The van der Waals surface area contributed by atoms with Crippen molar-refractivity contribution in [1.82, 2.24) is 9.80 Å². The first-order valence-electron chi connectivity index (χ1n) is 8.46.